The number of nitrogens with zero attached hydrogens (tertiary/aromatic N) is 2. The number of rotatable bonds is 3. The van der Waals surface area contributed by atoms with Gasteiger partial charge < -0.3 is 10.0 Å². The Kier molecular flexibility index (Phi) is 3.80. The lowest BCUT2D eigenvalue weighted by molar-refractivity contribution is -0.385. The van der Waals surface area contributed by atoms with Crippen LogP contribution in [0.4, 0.5) is 5.69 Å². The molecule has 1 fully saturated rings. The average molecular weight is 264 g/mol. The largest absolute Gasteiger partial charge is 0.396 e. The number of aliphatic hydroxyl groups is 1. The van der Waals surface area contributed by atoms with Gasteiger partial charge in [0.15, 0.2) is 0 Å². The number of likely N-dealkylation sites (tertiary alicyclic amines) is 1. The van der Waals surface area contributed by atoms with E-state index >= 15 is 0 Å². The van der Waals surface area contributed by atoms with E-state index in [1.807, 2.05) is 0 Å². The first-order valence-corrected chi connectivity index (χ1v) is 6.18. The van der Waals surface area contributed by atoms with Crippen LogP contribution in [0.2, 0.25) is 0 Å². The second kappa shape index (κ2) is 5.36. The second-order valence-electron chi connectivity index (χ2n) is 4.85. The maximum atomic E-state index is 12.2. The van der Waals surface area contributed by atoms with Crippen LogP contribution in [-0.4, -0.2) is 40.5 Å². The van der Waals surface area contributed by atoms with Gasteiger partial charge in [-0.1, -0.05) is 0 Å². The third-order valence-electron chi connectivity index (χ3n) is 3.47. The smallest absolute Gasteiger partial charge is 0.272 e. The van der Waals surface area contributed by atoms with Crippen LogP contribution in [0, 0.1) is 23.0 Å². The predicted octanol–water partition coefficient (Wildman–Crippen LogP) is 1.36. The van der Waals surface area contributed by atoms with Crippen molar-refractivity contribution in [2.24, 2.45) is 5.92 Å². The highest BCUT2D eigenvalue weighted by molar-refractivity contribution is 5.94. The molecular formula is C13H16N2O4. The molecule has 1 heterocycles. The van der Waals surface area contributed by atoms with Gasteiger partial charge >= 0.3 is 0 Å². The highest BCUT2D eigenvalue weighted by Crippen LogP contribution is 2.22. The van der Waals surface area contributed by atoms with Crippen molar-refractivity contribution in [3.05, 3.63) is 39.4 Å². The zero-order valence-electron chi connectivity index (χ0n) is 10.7. The zero-order chi connectivity index (χ0) is 14.0. The van der Waals surface area contributed by atoms with Crippen LogP contribution in [0.25, 0.3) is 0 Å². The summed E-state index contributed by atoms with van der Waals surface area (Å²) < 4.78 is 0. The maximum absolute atomic E-state index is 12.2. The molecule has 102 valence electrons. The summed E-state index contributed by atoms with van der Waals surface area (Å²) >= 11 is 0. The topological polar surface area (TPSA) is 83.7 Å². The molecule has 2 rings (SSSR count). The molecule has 6 nitrogen and oxygen atoms in total. The number of nitro groups is 1. The van der Waals surface area contributed by atoms with Crippen molar-refractivity contribution in [2.45, 2.75) is 13.3 Å². The summed E-state index contributed by atoms with van der Waals surface area (Å²) in [5, 5.41) is 19.8. The number of nitro benzene ring substituents is 1. The summed E-state index contributed by atoms with van der Waals surface area (Å²) in [5.41, 5.74) is 0.960. The molecule has 1 aliphatic rings. The summed E-state index contributed by atoms with van der Waals surface area (Å²) in [6.07, 6.45) is 0.800. The maximum Gasteiger partial charge on any atom is 0.272 e. The van der Waals surface area contributed by atoms with Crippen LogP contribution < -0.4 is 0 Å². The van der Waals surface area contributed by atoms with E-state index in [1.165, 1.54) is 12.1 Å². The lowest BCUT2D eigenvalue weighted by Gasteiger charge is -2.16. The Labute approximate surface area is 110 Å². The van der Waals surface area contributed by atoms with Gasteiger partial charge in [-0.2, -0.15) is 0 Å². The molecule has 0 aromatic heterocycles. The number of hydrogen-bond acceptors (Lipinski definition) is 4. The van der Waals surface area contributed by atoms with Gasteiger partial charge in [0.2, 0.25) is 0 Å². The number of carbonyl (C=O) groups excluding carboxylic acids is 1. The van der Waals surface area contributed by atoms with E-state index in [1.54, 1.807) is 17.9 Å². The standard InChI is InChI=1S/C13H16N2O4/c1-9-6-11(2-3-12(9)15(18)19)13(17)14-5-4-10(7-14)8-16/h2-3,6,10,16H,4-5,7-8H2,1H3. The Hall–Kier alpha value is -1.95. The van der Waals surface area contributed by atoms with Crippen molar-refractivity contribution in [3.8, 4) is 0 Å². The van der Waals surface area contributed by atoms with E-state index in [0.717, 1.165) is 6.42 Å². The monoisotopic (exact) mass is 264 g/mol. The Bertz CT molecular complexity index is 515. The molecule has 0 aliphatic carbocycles. The van der Waals surface area contributed by atoms with Crippen molar-refractivity contribution >= 4 is 11.6 Å². The SMILES string of the molecule is Cc1cc(C(=O)N2CCC(CO)C2)ccc1[N+](=O)[O-]. The van der Waals surface area contributed by atoms with Crippen molar-refractivity contribution in [3.63, 3.8) is 0 Å². The predicted molar refractivity (Wildman–Crippen MR) is 68.9 cm³/mol. The van der Waals surface area contributed by atoms with Gasteiger partial charge in [-0.25, -0.2) is 0 Å². The van der Waals surface area contributed by atoms with E-state index in [-0.39, 0.29) is 24.1 Å². The van der Waals surface area contributed by atoms with Gasteiger partial charge in [0.05, 0.1) is 4.92 Å². The van der Waals surface area contributed by atoms with Gasteiger partial charge in [-0.15, -0.1) is 0 Å². The molecule has 19 heavy (non-hydrogen) atoms. The number of aryl methyl sites for hydroxylation is 1. The molecular weight excluding hydrogens is 248 g/mol. The average Bonchev–Trinajstić information content (AvgIpc) is 2.86. The van der Waals surface area contributed by atoms with Crippen molar-refractivity contribution in [2.75, 3.05) is 19.7 Å². The minimum atomic E-state index is -0.457. The van der Waals surface area contributed by atoms with E-state index in [9.17, 15) is 14.9 Å². The molecule has 0 spiro atoms. The van der Waals surface area contributed by atoms with Crippen molar-refractivity contribution in [1.82, 2.24) is 4.90 Å². The van der Waals surface area contributed by atoms with Crippen molar-refractivity contribution < 1.29 is 14.8 Å². The van der Waals surface area contributed by atoms with Gasteiger partial charge in [0, 0.05) is 42.8 Å². The molecule has 0 radical (unpaired) electrons. The molecule has 1 aromatic carbocycles. The van der Waals surface area contributed by atoms with Crippen LogP contribution in [0.1, 0.15) is 22.3 Å². The molecule has 6 heteroatoms. The lowest BCUT2D eigenvalue weighted by atomic mass is 10.1. The highest BCUT2D eigenvalue weighted by Gasteiger charge is 2.27. The fraction of sp³-hybridized carbons (Fsp3) is 0.462. The highest BCUT2D eigenvalue weighted by atomic mass is 16.6. The first-order chi connectivity index (χ1) is 9.02. The second-order valence-corrected chi connectivity index (χ2v) is 4.85. The van der Waals surface area contributed by atoms with Crippen LogP contribution in [-0.2, 0) is 0 Å². The van der Waals surface area contributed by atoms with Gasteiger partial charge in [0.1, 0.15) is 0 Å². The summed E-state index contributed by atoms with van der Waals surface area (Å²) in [6, 6.07) is 4.40. The molecule has 1 N–H and O–H groups in total. The Morgan fingerprint density at radius 3 is 2.84 bits per heavy atom. The quantitative estimate of drug-likeness (QED) is 0.660. The Morgan fingerprint density at radius 2 is 2.32 bits per heavy atom. The third-order valence-corrected chi connectivity index (χ3v) is 3.47. The molecule has 1 aromatic rings. The first-order valence-electron chi connectivity index (χ1n) is 6.18. The van der Waals surface area contributed by atoms with Gasteiger partial charge in [0.25, 0.3) is 11.6 Å². The van der Waals surface area contributed by atoms with Crippen LogP contribution >= 0.6 is 0 Å². The molecule has 1 amide bonds. The summed E-state index contributed by atoms with van der Waals surface area (Å²) in [5.74, 6) is 0.0112. The fourth-order valence-corrected chi connectivity index (χ4v) is 2.34. The van der Waals surface area contributed by atoms with E-state index < -0.39 is 4.92 Å². The number of aliphatic hydroxyl groups excluding tert-OH is 1. The summed E-state index contributed by atoms with van der Waals surface area (Å²) in [7, 11) is 0. The normalized spacial score (nSPS) is 18.6. The number of amides is 1. The minimum absolute atomic E-state index is 0.0196. The van der Waals surface area contributed by atoms with Crippen LogP contribution in [0.5, 0.6) is 0 Å². The number of hydrogen-bond donors (Lipinski definition) is 1. The molecule has 1 unspecified atom stereocenters. The fourth-order valence-electron chi connectivity index (χ4n) is 2.34. The minimum Gasteiger partial charge on any atom is -0.396 e. The molecule has 0 saturated carbocycles. The molecule has 0 bridgehead atoms. The lowest BCUT2D eigenvalue weighted by Crippen LogP contribution is -2.29. The van der Waals surface area contributed by atoms with E-state index in [2.05, 4.69) is 0 Å². The van der Waals surface area contributed by atoms with Crippen LogP contribution in [0.15, 0.2) is 18.2 Å². The van der Waals surface area contributed by atoms with E-state index in [4.69, 9.17) is 5.11 Å². The third kappa shape index (κ3) is 2.73. The Morgan fingerprint density at radius 1 is 1.58 bits per heavy atom. The van der Waals surface area contributed by atoms with E-state index in [0.29, 0.717) is 24.2 Å². The van der Waals surface area contributed by atoms with Crippen LogP contribution in [0.3, 0.4) is 0 Å². The van der Waals surface area contributed by atoms with Crippen molar-refractivity contribution in [1.29, 1.82) is 0 Å². The summed E-state index contributed by atoms with van der Waals surface area (Å²) in [6.45, 7) is 2.88. The number of carbonyl (C=O) groups is 1. The van der Waals surface area contributed by atoms with Gasteiger partial charge in [-0.3, -0.25) is 14.9 Å². The zero-order valence-corrected chi connectivity index (χ0v) is 10.7. The molecule has 1 aliphatic heterocycles. The van der Waals surface area contributed by atoms with Gasteiger partial charge in [-0.05, 0) is 25.5 Å². The first kappa shape index (κ1) is 13.5. The number of benzene rings is 1. The Balaban J connectivity index is 2.16. The summed E-state index contributed by atoms with van der Waals surface area (Å²) in [4.78, 5) is 24.2. The molecule has 1 atom stereocenters. The molecule has 1 saturated heterocycles.